The molecular weight excluding hydrogens is 210 g/mol. The lowest BCUT2D eigenvalue weighted by atomic mass is 10.1. The lowest BCUT2D eigenvalue weighted by Gasteiger charge is -2.03. The van der Waals surface area contributed by atoms with E-state index in [1.54, 1.807) is 6.07 Å². The first-order valence-corrected chi connectivity index (χ1v) is 4.85. The first kappa shape index (κ1) is 9.87. The zero-order valence-corrected chi connectivity index (χ0v) is 8.61. The third-order valence-electron chi connectivity index (χ3n) is 2.06. The molecule has 74 valence electrons. The Morgan fingerprint density at radius 3 is 2.60 bits per heavy atom. The molecule has 2 rings (SSSR count). The van der Waals surface area contributed by atoms with Crippen LogP contribution in [0.3, 0.4) is 0 Å². The van der Waals surface area contributed by atoms with E-state index in [4.69, 9.17) is 11.6 Å². The average molecular weight is 218 g/mol. The number of rotatable bonds is 2. The summed E-state index contributed by atoms with van der Waals surface area (Å²) in [4.78, 5) is 15.0. The van der Waals surface area contributed by atoms with E-state index in [1.807, 2.05) is 30.3 Å². The lowest BCUT2D eigenvalue weighted by Crippen LogP contribution is -1.91. The van der Waals surface area contributed by atoms with Gasteiger partial charge in [-0.05, 0) is 6.07 Å². The smallest absolute Gasteiger partial charge is 0.152 e. The molecule has 0 saturated carbocycles. The molecule has 0 radical (unpaired) electrons. The SMILES string of the molecule is O=Cc1cc(Cl)cnc1-c1ccccc1. The quantitative estimate of drug-likeness (QED) is 0.723. The molecule has 15 heavy (non-hydrogen) atoms. The summed E-state index contributed by atoms with van der Waals surface area (Å²) in [5.74, 6) is 0. The van der Waals surface area contributed by atoms with Crippen LogP contribution in [0, 0.1) is 0 Å². The van der Waals surface area contributed by atoms with Crippen molar-refractivity contribution in [1.82, 2.24) is 4.98 Å². The molecule has 1 aromatic carbocycles. The van der Waals surface area contributed by atoms with Gasteiger partial charge in [0.2, 0.25) is 0 Å². The normalized spacial score (nSPS) is 9.93. The number of carbonyl (C=O) groups is 1. The number of benzene rings is 1. The van der Waals surface area contributed by atoms with Crippen LogP contribution in [0.2, 0.25) is 5.02 Å². The Morgan fingerprint density at radius 1 is 1.20 bits per heavy atom. The number of carbonyl (C=O) groups excluding carboxylic acids is 1. The van der Waals surface area contributed by atoms with Gasteiger partial charge in [-0.1, -0.05) is 41.9 Å². The van der Waals surface area contributed by atoms with E-state index in [0.717, 1.165) is 11.8 Å². The molecule has 0 fully saturated rings. The van der Waals surface area contributed by atoms with Crippen LogP contribution in [0.25, 0.3) is 11.3 Å². The monoisotopic (exact) mass is 217 g/mol. The van der Waals surface area contributed by atoms with E-state index in [1.165, 1.54) is 6.20 Å². The molecule has 3 heteroatoms. The summed E-state index contributed by atoms with van der Waals surface area (Å²) in [6.45, 7) is 0. The topological polar surface area (TPSA) is 30.0 Å². The van der Waals surface area contributed by atoms with E-state index in [0.29, 0.717) is 16.3 Å². The van der Waals surface area contributed by atoms with Gasteiger partial charge in [-0.2, -0.15) is 0 Å². The summed E-state index contributed by atoms with van der Waals surface area (Å²) in [7, 11) is 0. The fraction of sp³-hybridized carbons (Fsp3) is 0. The van der Waals surface area contributed by atoms with Crippen LogP contribution in [0.4, 0.5) is 0 Å². The predicted octanol–water partition coefficient (Wildman–Crippen LogP) is 3.21. The summed E-state index contributed by atoms with van der Waals surface area (Å²) in [6, 6.07) is 11.1. The van der Waals surface area contributed by atoms with Crippen molar-refractivity contribution in [2.24, 2.45) is 0 Å². The van der Waals surface area contributed by atoms with Crippen molar-refractivity contribution in [3.8, 4) is 11.3 Å². The van der Waals surface area contributed by atoms with Gasteiger partial charge >= 0.3 is 0 Å². The van der Waals surface area contributed by atoms with Crippen molar-refractivity contribution in [2.75, 3.05) is 0 Å². The molecule has 0 N–H and O–H groups in total. The first-order valence-electron chi connectivity index (χ1n) is 4.47. The number of pyridine rings is 1. The second-order valence-corrected chi connectivity index (χ2v) is 3.51. The molecule has 0 aliphatic carbocycles. The third kappa shape index (κ3) is 2.05. The van der Waals surface area contributed by atoms with Gasteiger partial charge in [-0.3, -0.25) is 9.78 Å². The maximum absolute atomic E-state index is 10.9. The van der Waals surface area contributed by atoms with Gasteiger partial charge in [0, 0.05) is 17.3 Å². The summed E-state index contributed by atoms with van der Waals surface area (Å²) in [5, 5.41) is 0.469. The Balaban J connectivity index is 2.58. The fourth-order valence-electron chi connectivity index (χ4n) is 1.38. The molecule has 0 amide bonds. The van der Waals surface area contributed by atoms with Crippen LogP contribution in [-0.2, 0) is 0 Å². The minimum Gasteiger partial charge on any atom is -0.298 e. The Morgan fingerprint density at radius 2 is 1.93 bits per heavy atom. The minimum atomic E-state index is 0.469. The van der Waals surface area contributed by atoms with Gasteiger partial charge in [0.15, 0.2) is 6.29 Å². The minimum absolute atomic E-state index is 0.469. The highest BCUT2D eigenvalue weighted by molar-refractivity contribution is 6.30. The van der Waals surface area contributed by atoms with Gasteiger partial charge in [-0.25, -0.2) is 0 Å². The summed E-state index contributed by atoms with van der Waals surface area (Å²) >= 11 is 5.76. The fourth-order valence-corrected chi connectivity index (χ4v) is 1.55. The highest BCUT2D eigenvalue weighted by Crippen LogP contribution is 2.22. The maximum Gasteiger partial charge on any atom is 0.152 e. The van der Waals surface area contributed by atoms with Gasteiger partial charge in [0.05, 0.1) is 10.7 Å². The van der Waals surface area contributed by atoms with Gasteiger partial charge in [0.1, 0.15) is 0 Å². The van der Waals surface area contributed by atoms with Crippen molar-refractivity contribution in [2.45, 2.75) is 0 Å². The molecule has 0 saturated heterocycles. The average Bonchev–Trinajstić information content (AvgIpc) is 2.30. The second kappa shape index (κ2) is 4.24. The van der Waals surface area contributed by atoms with Gasteiger partial charge in [-0.15, -0.1) is 0 Å². The number of halogens is 1. The molecule has 2 nitrogen and oxygen atoms in total. The molecule has 1 heterocycles. The molecule has 2 aromatic rings. The summed E-state index contributed by atoms with van der Waals surface area (Å²) in [5.41, 5.74) is 2.08. The molecule has 0 aliphatic rings. The van der Waals surface area contributed by atoms with Crippen LogP contribution in [0.15, 0.2) is 42.6 Å². The van der Waals surface area contributed by atoms with Crippen LogP contribution in [-0.4, -0.2) is 11.3 Å². The number of aromatic nitrogens is 1. The third-order valence-corrected chi connectivity index (χ3v) is 2.26. The highest BCUT2D eigenvalue weighted by atomic mass is 35.5. The molecular formula is C12H8ClNO. The van der Waals surface area contributed by atoms with Crippen LogP contribution in [0.1, 0.15) is 10.4 Å². The van der Waals surface area contributed by atoms with E-state index in [-0.39, 0.29) is 0 Å². The maximum atomic E-state index is 10.9. The molecule has 0 unspecified atom stereocenters. The zero-order valence-electron chi connectivity index (χ0n) is 7.85. The lowest BCUT2D eigenvalue weighted by molar-refractivity contribution is 0.112. The van der Waals surface area contributed by atoms with Crippen molar-refractivity contribution >= 4 is 17.9 Å². The largest absolute Gasteiger partial charge is 0.298 e. The summed E-state index contributed by atoms with van der Waals surface area (Å²) < 4.78 is 0. The molecule has 1 aromatic heterocycles. The first-order chi connectivity index (χ1) is 7.31. The zero-order chi connectivity index (χ0) is 10.7. The van der Waals surface area contributed by atoms with E-state index >= 15 is 0 Å². The van der Waals surface area contributed by atoms with Crippen molar-refractivity contribution in [3.05, 3.63) is 53.2 Å². The molecule has 0 atom stereocenters. The predicted molar refractivity (Wildman–Crippen MR) is 60.1 cm³/mol. The second-order valence-electron chi connectivity index (χ2n) is 3.08. The number of aldehydes is 1. The van der Waals surface area contributed by atoms with Crippen LogP contribution < -0.4 is 0 Å². The Kier molecular flexibility index (Phi) is 2.79. The Bertz CT molecular complexity index is 482. The Hall–Kier alpha value is -1.67. The van der Waals surface area contributed by atoms with Crippen molar-refractivity contribution in [1.29, 1.82) is 0 Å². The molecule has 0 aliphatic heterocycles. The number of hydrogen-bond donors (Lipinski definition) is 0. The summed E-state index contributed by atoms with van der Waals surface area (Å²) in [6.07, 6.45) is 2.30. The van der Waals surface area contributed by atoms with Crippen molar-refractivity contribution in [3.63, 3.8) is 0 Å². The van der Waals surface area contributed by atoms with Crippen LogP contribution >= 0.6 is 11.6 Å². The number of nitrogens with zero attached hydrogens (tertiary/aromatic N) is 1. The van der Waals surface area contributed by atoms with E-state index in [2.05, 4.69) is 4.98 Å². The van der Waals surface area contributed by atoms with E-state index < -0.39 is 0 Å². The van der Waals surface area contributed by atoms with Crippen LogP contribution in [0.5, 0.6) is 0 Å². The Labute approximate surface area is 92.5 Å². The highest BCUT2D eigenvalue weighted by Gasteiger charge is 2.05. The molecule has 0 bridgehead atoms. The van der Waals surface area contributed by atoms with Crippen molar-refractivity contribution < 1.29 is 4.79 Å². The van der Waals surface area contributed by atoms with Gasteiger partial charge in [0.25, 0.3) is 0 Å². The molecule has 0 spiro atoms. The number of hydrogen-bond acceptors (Lipinski definition) is 2. The van der Waals surface area contributed by atoms with E-state index in [9.17, 15) is 4.79 Å². The standard InChI is InChI=1S/C12H8ClNO/c13-11-6-10(8-15)12(14-7-11)9-4-2-1-3-5-9/h1-8H. The van der Waals surface area contributed by atoms with Gasteiger partial charge < -0.3 is 0 Å².